The number of phenols is 2. The Kier molecular flexibility index (Phi) is 8.92. The monoisotopic (exact) mass is 728 g/mol. The molecule has 2 aliphatic rings. The van der Waals surface area contributed by atoms with Crippen LogP contribution in [0.5, 0.6) is 11.5 Å². The predicted molar refractivity (Wildman–Crippen MR) is 171 cm³/mol. The number of anilines is 2. The van der Waals surface area contributed by atoms with Crippen LogP contribution in [0.4, 0.5) is 10.9 Å². The van der Waals surface area contributed by atoms with Gasteiger partial charge in [-0.15, -0.1) is 23.1 Å². The van der Waals surface area contributed by atoms with E-state index in [4.69, 9.17) is 16.3 Å². The number of aromatic hydroxyl groups is 2. The van der Waals surface area contributed by atoms with E-state index in [0.717, 1.165) is 28.4 Å². The minimum absolute atomic E-state index is 0.0483. The molecule has 6 rings (SSSR count). The fraction of sp³-hybridized carbons (Fsp3) is 0.222. The van der Waals surface area contributed by atoms with Gasteiger partial charge in [0.25, 0.3) is 28.9 Å². The maximum atomic E-state index is 13.5. The van der Waals surface area contributed by atoms with Crippen molar-refractivity contribution in [3.63, 3.8) is 0 Å². The van der Waals surface area contributed by atoms with E-state index in [9.17, 15) is 39.6 Å². The number of amides is 2. The Labute approximate surface area is 286 Å². The number of thioether (sulfide) groups is 2. The number of carbonyl (C=O) groups excluding carboxylic acids is 3. The van der Waals surface area contributed by atoms with Crippen LogP contribution < -0.4 is 26.5 Å². The van der Waals surface area contributed by atoms with Crippen molar-refractivity contribution >= 4 is 80.9 Å². The number of nitrogen functional groups attached to an aromatic ring is 2. The molecule has 0 bridgehead atoms. The topological polar surface area (TPSA) is 288 Å². The summed E-state index contributed by atoms with van der Waals surface area (Å²) in [6, 6.07) is 3.60. The number of benzene rings is 1. The first kappa shape index (κ1) is 33.3. The number of hydrogen-bond acceptors (Lipinski definition) is 17. The Morgan fingerprint density at radius 3 is 2.69 bits per heavy atom. The summed E-state index contributed by atoms with van der Waals surface area (Å²) in [5.74, 6) is -5.45. The fourth-order valence-electron chi connectivity index (χ4n) is 4.93. The normalized spacial score (nSPS) is 18.2. The van der Waals surface area contributed by atoms with Crippen LogP contribution in [0.3, 0.4) is 0 Å². The second-order valence-electron chi connectivity index (χ2n) is 10.4. The number of aromatic nitrogens is 5. The smallest absolute Gasteiger partial charge is 0.352 e. The number of phenolic OH excluding ortho intramolecular Hbond substituents is 2. The van der Waals surface area contributed by atoms with Crippen molar-refractivity contribution in [3.8, 4) is 11.5 Å². The molecule has 1 saturated heterocycles. The highest BCUT2D eigenvalue weighted by Crippen LogP contribution is 2.41. The average molecular weight is 729 g/mol. The van der Waals surface area contributed by atoms with Gasteiger partial charge in [-0.05, 0) is 22.2 Å². The second kappa shape index (κ2) is 13.1. The first-order valence-electron chi connectivity index (χ1n) is 13.9. The summed E-state index contributed by atoms with van der Waals surface area (Å²) in [5, 5.41) is 52.9. The third kappa shape index (κ3) is 6.35. The molecule has 49 heavy (non-hydrogen) atoms. The van der Waals surface area contributed by atoms with E-state index in [-0.39, 0.29) is 39.4 Å². The maximum Gasteiger partial charge on any atom is 0.352 e. The van der Waals surface area contributed by atoms with Crippen LogP contribution in [0.2, 0.25) is 0 Å². The Bertz CT molecular complexity index is 2100. The van der Waals surface area contributed by atoms with Crippen LogP contribution in [0.15, 0.2) is 57.6 Å². The van der Waals surface area contributed by atoms with E-state index < -0.39 is 58.5 Å². The number of thiazole rings is 1. The van der Waals surface area contributed by atoms with Gasteiger partial charge in [0.05, 0.1) is 24.8 Å². The molecule has 3 aromatic heterocycles. The number of hydrogen-bond donors (Lipinski definition) is 6. The lowest BCUT2D eigenvalue weighted by Crippen LogP contribution is -2.71. The Hall–Kier alpha value is -5.61. The molecule has 0 aliphatic carbocycles. The van der Waals surface area contributed by atoms with Gasteiger partial charge in [0.2, 0.25) is 6.10 Å². The molecule has 0 saturated carbocycles. The minimum atomic E-state index is -1.83. The largest absolute Gasteiger partial charge is 0.543 e. The molecule has 4 aromatic rings. The number of carbonyl (C=O) groups is 4. The summed E-state index contributed by atoms with van der Waals surface area (Å²) >= 11 is 3.33. The standard InChI is InChI=1S/C27H24N10O9S3/c1-35-9-30-37-16(35)5-15(28)32-27(37)49-7-11-6-47-23-18(22(41)36(23)19(11)24(42)43)33-21(40)17(12-8-48-26(29)31-12)34-46-20(25(44)45)10-2-3-13(38)14(39)4-10/h2-5,8-9,18,20,23,28H,6-7H2,1H3,(H7,29,31,33,34,38,39,40,42,43,44,45)/t18?,20?,23-/m1/s1. The van der Waals surface area contributed by atoms with Gasteiger partial charge in [-0.3, -0.25) is 14.5 Å². The van der Waals surface area contributed by atoms with Crippen molar-refractivity contribution in [1.29, 1.82) is 0 Å². The molecule has 8 N–H and O–H groups in total. The first-order valence-corrected chi connectivity index (χ1v) is 16.8. The van der Waals surface area contributed by atoms with E-state index in [1.54, 1.807) is 28.5 Å². The highest BCUT2D eigenvalue weighted by molar-refractivity contribution is 8.01. The van der Waals surface area contributed by atoms with Crippen LogP contribution in [0.25, 0.3) is 5.65 Å². The second-order valence-corrected chi connectivity index (χ2v) is 13.4. The molecule has 1 aromatic carbocycles. The number of aryl methyl sites for hydroxylation is 1. The van der Waals surface area contributed by atoms with Gasteiger partial charge in [-0.2, -0.15) is 4.98 Å². The third-order valence-electron chi connectivity index (χ3n) is 7.26. The van der Waals surface area contributed by atoms with E-state index in [1.807, 2.05) is 0 Å². The molecule has 5 heterocycles. The van der Waals surface area contributed by atoms with Crippen LogP contribution >= 0.6 is 34.9 Å². The summed E-state index contributed by atoms with van der Waals surface area (Å²) in [4.78, 5) is 65.7. The fourth-order valence-corrected chi connectivity index (χ4v) is 7.92. The van der Waals surface area contributed by atoms with Gasteiger partial charge in [-0.1, -0.05) is 23.0 Å². The number of carboxylic acids is 2. The Morgan fingerprint density at radius 1 is 1.24 bits per heavy atom. The number of nitrogens with zero attached hydrogens (tertiary/aromatic N) is 7. The van der Waals surface area contributed by atoms with Gasteiger partial charge in [0.15, 0.2) is 22.3 Å². The molecular weight excluding hydrogens is 705 g/mol. The molecule has 19 nitrogen and oxygen atoms in total. The van der Waals surface area contributed by atoms with Crippen molar-refractivity contribution in [3.05, 3.63) is 58.5 Å². The Morgan fingerprint density at radius 2 is 2.02 bits per heavy atom. The van der Waals surface area contributed by atoms with Crippen molar-refractivity contribution in [2.75, 3.05) is 23.0 Å². The van der Waals surface area contributed by atoms with Crippen LogP contribution in [-0.2, 0) is 31.1 Å². The molecule has 2 amide bonds. The van der Waals surface area contributed by atoms with Crippen LogP contribution in [-0.4, -0.2) is 92.2 Å². The minimum Gasteiger partial charge on any atom is -0.543 e. The van der Waals surface area contributed by atoms with E-state index in [0.29, 0.717) is 16.4 Å². The summed E-state index contributed by atoms with van der Waals surface area (Å²) < 4.78 is 3.28. The van der Waals surface area contributed by atoms with Crippen molar-refractivity contribution in [2.45, 2.75) is 22.7 Å². The molecule has 22 heteroatoms. The van der Waals surface area contributed by atoms with E-state index >= 15 is 0 Å². The third-order valence-corrected chi connectivity index (χ3v) is 10.3. The average Bonchev–Trinajstić information content (AvgIpc) is 3.66. The van der Waals surface area contributed by atoms with Crippen molar-refractivity contribution < 1.29 is 49.0 Å². The van der Waals surface area contributed by atoms with E-state index in [1.165, 1.54) is 35.0 Å². The van der Waals surface area contributed by atoms with Crippen LogP contribution in [0.1, 0.15) is 17.4 Å². The molecular formula is C27H24N10O9S3. The van der Waals surface area contributed by atoms with Crippen molar-refractivity contribution in [2.24, 2.45) is 12.2 Å². The molecule has 0 radical (unpaired) electrons. The Balaban J connectivity index is 1.21. The number of fused-ring (bicyclic) bond motifs is 2. The molecule has 0 spiro atoms. The number of rotatable bonds is 11. The van der Waals surface area contributed by atoms with Gasteiger partial charge in [0, 0.05) is 27.5 Å². The maximum absolute atomic E-state index is 13.5. The summed E-state index contributed by atoms with van der Waals surface area (Å²) in [6.45, 7) is 0. The van der Waals surface area contributed by atoms with Gasteiger partial charge >= 0.3 is 5.97 Å². The number of β-lactam (4-membered cyclic amide) rings is 1. The van der Waals surface area contributed by atoms with E-state index in [2.05, 4.69) is 25.5 Å². The predicted octanol–water partition coefficient (Wildman–Crippen LogP) is -1.67. The first-order chi connectivity index (χ1) is 23.3. The zero-order valence-corrected chi connectivity index (χ0v) is 27.4. The van der Waals surface area contributed by atoms with Crippen LogP contribution in [0, 0.1) is 0 Å². The SMILES string of the molecule is C[n+]1cnn2c(SCC3=C(C(=O)[O-])N4C(=O)C(NC(=O)/C(=N\OC(C(=O)O)c5ccc(O)c(O)c5)c5csc(N)n5)[C@H]4SC3)nc(N)cc21. The number of aliphatic carboxylic acids is 2. The highest BCUT2D eigenvalue weighted by atomic mass is 32.2. The molecule has 1 fully saturated rings. The summed E-state index contributed by atoms with van der Waals surface area (Å²) in [5.41, 5.74) is 11.6. The highest BCUT2D eigenvalue weighted by Gasteiger charge is 2.53. The molecule has 2 aliphatic heterocycles. The number of nitrogens with two attached hydrogens (primary N) is 2. The number of nitrogens with one attached hydrogen (secondary N) is 1. The quantitative estimate of drug-likeness (QED) is 0.0191. The number of carboxylic acid groups (broad SMARTS) is 2. The zero-order valence-electron chi connectivity index (χ0n) is 24.9. The number of oxime groups is 1. The lowest BCUT2D eigenvalue weighted by atomic mass is 10.0. The van der Waals surface area contributed by atoms with Gasteiger partial charge in [-0.25, -0.2) is 14.3 Å². The zero-order chi connectivity index (χ0) is 35.1. The lowest BCUT2D eigenvalue weighted by molar-refractivity contribution is -0.646. The molecule has 3 atom stereocenters. The molecule has 254 valence electrons. The van der Waals surface area contributed by atoms with Gasteiger partial charge in [0.1, 0.15) is 22.9 Å². The summed E-state index contributed by atoms with van der Waals surface area (Å²) in [6.07, 6.45) is -0.264. The van der Waals surface area contributed by atoms with Crippen molar-refractivity contribution in [1.82, 2.24) is 29.8 Å². The molecule has 2 unspecified atom stereocenters. The summed E-state index contributed by atoms with van der Waals surface area (Å²) in [7, 11) is 1.78. The van der Waals surface area contributed by atoms with Gasteiger partial charge < -0.3 is 46.8 Å². The lowest BCUT2D eigenvalue weighted by Gasteiger charge is -2.50.